The number of benzene rings is 1. The molecule has 1 aliphatic carbocycles. The third-order valence-corrected chi connectivity index (χ3v) is 8.42. The van der Waals surface area contributed by atoms with Gasteiger partial charge in [-0.2, -0.15) is 0 Å². The fourth-order valence-corrected chi connectivity index (χ4v) is 5.88. The van der Waals surface area contributed by atoms with Gasteiger partial charge in [-0.3, -0.25) is 0 Å². The Hall–Kier alpha value is -1.93. The summed E-state index contributed by atoms with van der Waals surface area (Å²) in [5.41, 5.74) is 1.87. The summed E-state index contributed by atoms with van der Waals surface area (Å²) < 4.78 is 26.7. The Kier molecular flexibility index (Phi) is 7.74. The molecular weight excluding hydrogens is 456 g/mol. The van der Waals surface area contributed by atoms with E-state index in [1.807, 2.05) is 25.2 Å². The molecule has 2 heterocycles. The number of hydrogen-bond donors (Lipinski definition) is 1. The lowest BCUT2D eigenvalue weighted by Gasteiger charge is -2.35. The summed E-state index contributed by atoms with van der Waals surface area (Å²) in [5.74, 6) is 1.06. The highest BCUT2D eigenvalue weighted by atomic mass is 35.5. The van der Waals surface area contributed by atoms with Gasteiger partial charge in [-0.15, -0.1) is 11.6 Å². The van der Waals surface area contributed by atoms with Crippen LogP contribution in [0.25, 0.3) is 16.3 Å². The summed E-state index contributed by atoms with van der Waals surface area (Å²) in [6, 6.07) is 10.5. The number of nitrogens with zero attached hydrogens (tertiary/aromatic N) is 3. The number of likely N-dealkylation sites (N-methyl/N-ethyl adjacent to an activating group) is 1. The van der Waals surface area contributed by atoms with E-state index < -0.39 is 10.0 Å². The Morgan fingerprint density at radius 1 is 1.15 bits per heavy atom. The minimum Gasteiger partial charge on any atom is -0.354 e. The minimum absolute atomic E-state index is 0.0934. The number of aromatic nitrogens is 1. The van der Waals surface area contributed by atoms with Gasteiger partial charge in [0.05, 0.1) is 16.8 Å². The fraction of sp³-hybridized carbons (Fsp3) is 0.480. The van der Waals surface area contributed by atoms with Crippen LogP contribution in [0.15, 0.2) is 48.6 Å². The van der Waals surface area contributed by atoms with Crippen LogP contribution in [0.2, 0.25) is 0 Å². The van der Waals surface area contributed by atoms with Gasteiger partial charge in [-0.1, -0.05) is 56.3 Å². The second-order valence-corrected chi connectivity index (χ2v) is 11.2. The van der Waals surface area contributed by atoms with Gasteiger partial charge in [0, 0.05) is 44.0 Å². The van der Waals surface area contributed by atoms with Crippen molar-refractivity contribution in [2.45, 2.75) is 25.6 Å². The maximum atomic E-state index is 12.0. The highest BCUT2D eigenvalue weighted by molar-refractivity contribution is 7.89. The molecule has 1 aromatic heterocycles. The predicted molar refractivity (Wildman–Crippen MR) is 138 cm³/mol. The Morgan fingerprint density at radius 3 is 2.61 bits per heavy atom. The van der Waals surface area contributed by atoms with Crippen molar-refractivity contribution in [2.75, 3.05) is 49.9 Å². The summed E-state index contributed by atoms with van der Waals surface area (Å²) in [5, 5.41) is 2.02. The quantitative estimate of drug-likeness (QED) is 0.571. The number of alkyl halides is 1. The molecule has 4 rings (SSSR count). The number of nitrogens with one attached hydrogen (secondary N) is 1. The normalized spacial score (nSPS) is 22.0. The molecule has 8 heteroatoms. The molecule has 2 unspecified atom stereocenters. The van der Waals surface area contributed by atoms with E-state index in [1.165, 1.54) is 0 Å². The molecule has 1 fully saturated rings. The van der Waals surface area contributed by atoms with E-state index in [0.717, 1.165) is 60.6 Å². The molecule has 33 heavy (non-hydrogen) atoms. The Labute approximate surface area is 202 Å². The summed E-state index contributed by atoms with van der Waals surface area (Å²) in [6.07, 6.45) is 6.61. The average molecular weight is 489 g/mol. The number of allylic oxidation sites excluding steroid dienone is 3. The molecule has 178 valence electrons. The molecule has 1 aromatic carbocycles. The first-order valence-electron chi connectivity index (χ1n) is 11.8. The first kappa shape index (κ1) is 24.2. The number of halogens is 1. The van der Waals surface area contributed by atoms with Gasteiger partial charge in [0.1, 0.15) is 5.82 Å². The van der Waals surface area contributed by atoms with E-state index in [9.17, 15) is 8.42 Å². The maximum Gasteiger partial charge on any atom is 0.211 e. The first-order valence-corrected chi connectivity index (χ1v) is 13.9. The zero-order valence-corrected chi connectivity index (χ0v) is 20.9. The van der Waals surface area contributed by atoms with E-state index in [0.29, 0.717) is 13.0 Å². The Balaban J connectivity index is 1.57. The number of rotatable bonds is 8. The predicted octanol–water partition coefficient (Wildman–Crippen LogP) is 3.88. The van der Waals surface area contributed by atoms with E-state index in [1.54, 1.807) is 0 Å². The van der Waals surface area contributed by atoms with Crippen LogP contribution in [-0.4, -0.2) is 68.7 Å². The highest BCUT2D eigenvalue weighted by Crippen LogP contribution is 2.32. The summed E-state index contributed by atoms with van der Waals surface area (Å²) in [4.78, 5) is 9.93. The van der Waals surface area contributed by atoms with Gasteiger partial charge >= 0.3 is 0 Å². The summed E-state index contributed by atoms with van der Waals surface area (Å²) in [7, 11) is -3.25. The van der Waals surface area contributed by atoms with E-state index in [2.05, 4.69) is 51.8 Å². The molecule has 2 aromatic rings. The van der Waals surface area contributed by atoms with Crippen LogP contribution < -0.4 is 9.62 Å². The molecule has 0 amide bonds. The number of anilines is 1. The lowest BCUT2D eigenvalue weighted by atomic mass is 9.94. The molecular formula is C25H33ClN4O2S. The van der Waals surface area contributed by atoms with Crippen molar-refractivity contribution in [3.63, 3.8) is 0 Å². The molecule has 1 N–H and O–H groups in total. The van der Waals surface area contributed by atoms with E-state index in [-0.39, 0.29) is 17.0 Å². The summed E-state index contributed by atoms with van der Waals surface area (Å²) >= 11 is 6.67. The van der Waals surface area contributed by atoms with Gasteiger partial charge in [0.15, 0.2) is 0 Å². The Bertz CT molecular complexity index is 1140. The number of fused-ring (bicyclic) bond motifs is 1. The van der Waals surface area contributed by atoms with Crippen LogP contribution in [0.5, 0.6) is 0 Å². The third kappa shape index (κ3) is 5.77. The van der Waals surface area contributed by atoms with Crippen molar-refractivity contribution in [3.05, 3.63) is 54.3 Å². The second kappa shape index (κ2) is 10.6. The van der Waals surface area contributed by atoms with E-state index in [4.69, 9.17) is 16.6 Å². The molecule has 2 atom stereocenters. The largest absolute Gasteiger partial charge is 0.354 e. The smallest absolute Gasteiger partial charge is 0.211 e. The topological polar surface area (TPSA) is 65.5 Å². The Morgan fingerprint density at radius 2 is 1.91 bits per heavy atom. The molecule has 6 nitrogen and oxygen atoms in total. The molecule has 0 bridgehead atoms. The fourth-order valence-electron chi connectivity index (χ4n) is 4.44. The number of pyridine rings is 1. The molecule has 0 saturated carbocycles. The first-order chi connectivity index (χ1) is 15.9. The highest BCUT2D eigenvalue weighted by Gasteiger charge is 2.24. The lowest BCUT2D eigenvalue weighted by Crippen LogP contribution is -2.46. The third-order valence-electron chi connectivity index (χ3n) is 6.42. The zero-order chi connectivity index (χ0) is 23.4. The monoisotopic (exact) mass is 488 g/mol. The minimum atomic E-state index is -3.25. The standard InChI is InChI=1S/C25H33ClN4O2S/c1-3-15-33(31,32)27-18-21-10-9-20(16-23(21)26)24-17-19-7-5-6-8-22(19)25(28-24)30-13-11-29(4-2)12-14-30/h5-10,16-17,21,23,27H,3-4,11-15,18H2,1-2H3. The van der Waals surface area contributed by atoms with Gasteiger partial charge in [0.25, 0.3) is 0 Å². The van der Waals surface area contributed by atoms with Crippen LogP contribution >= 0.6 is 11.6 Å². The van der Waals surface area contributed by atoms with Crippen LogP contribution in [0.1, 0.15) is 26.0 Å². The van der Waals surface area contributed by atoms with Gasteiger partial charge in [-0.05, 0) is 30.0 Å². The van der Waals surface area contributed by atoms with Crippen molar-refractivity contribution in [2.24, 2.45) is 5.92 Å². The van der Waals surface area contributed by atoms with Crippen molar-refractivity contribution < 1.29 is 8.42 Å². The average Bonchev–Trinajstić information content (AvgIpc) is 2.82. The van der Waals surface area contributed by atoms with Crippen molar-refractivity contribution in [1.82, 2.24) is 14.6 Å². The number of piperazine rings is 1. The van der Waals surface area contributed by atoms with Crippen LogP contribution in [-0.2, 0) is 10.0 Å². The van der Waals surface area contributed by atoms with Gasteiger partial charge in [0.2, 0.25) is 10.0 Å². The van der Waals surface area contributed by atoms with Crippen LogP contribution in [0, 0.1) is 5.92 Å². The van der Waals surface area contributed by atoms with Gasteiger partial charge < -0.3 is 9.80 Å². The number of hydrogen-bond acceptors (Lipinski definition) is 5. The van der Waals surface area contributed by atoms with Crippen molar-refractivity contribution >= 4 is 43.8 Å². The van der Waals surface area contributed by atoms with Crippen LogP contribution in [0.4, 0.5) is 5.82 Å². The second-order valence-electron chi connectivity index (χ2n) is 8.73. The SMILES string of the molecule is CCCS(=O)(=O)NCC1C=CC(c2cc3ccccc3c(N3CCN(CC)CC3)n2)=CC1Cl. The van der Waals surface area contributed by atoms with Crippen molar-refractivity contribution in [3.8, 4) is 0 Å². The molecule has 1 saturated heterocycles. The molecule has 2 aliphatic rings. The molecule has 1 aliphatic heterocycles. The molecule has 0 spiro atoms. The number of sulfonamides is 1. The van der Waals surface area contributed by atoms with E-state index >= 15 is 0 Å². The zero-order valence-electron chi connectivity index (χ0n) is 19.4. The van der Waals surface area contributed by atoms with Crippen LogP contribution in [0.3, 0.4) is 0 Å². The lowest BCUT2D eigenvalue weighted by molar-refractivity contribution is 0.271. The summed E-state index contributed by atoms with van der Waals surface area (Å²) in [6.45, 7) is 9.44. The van der Waals surface area contributed by atoms with Crippen molar-refractivity contribution in [1.29, 1.82) is 0 Å². The van der Waals surface area contributed by atoms with Gasteiger partial charge in [-0.25, -0.2) is 18.1 Å². The molecule has 0 radical (unpaired) electrons. The maximum absolute atomic E-state index is 12.0.